The zero-order valence-corrected chi connectivity index (χ0v) is 9.12. The van der Waals surface area contributed by atoms with E-state index in [2.05, 4.69) is 10.6 Å². The van der Waals surface area contributed by atoms with E-state index in [0.29, 0.717) is 24.2 Å². The zero-order valence-electron chi connectivity index (χ0n) is 9.12. The van der Waals surface area contributed by atoms with Crippen molar-refractivity contribution in [3.63, 3.8) is 0 Å². The molecule has 1 aliphatic rings. The summed E-state index contributed by atoms with van der Waals surface area (Å²) in [4.78, 5) is 22.6. The second kappa shape index (κ2) is 4.66. The van der Waals surface area contributed by atoms with Gasteiger partial charge in [0.15, 0.2) is 0 Å². The maximum Gasteiger partial charge on any atom is 0.238 e. The summed E-state index contributed by atoms with van der Waals surface area (Å²) < 4.78 is 0. The lowest BCUT2D eigenvalue weighted by Gasteiger charge is -2.20. The summed E-state index contributed by atoms with van der Waals surface area (Å²) in [6, 6.07) is 7.21. The Hall–Kier alpha value is -2.35. The van der Waals surface area contributed by atoms with E-state index in [9.17, 15) is 9.59 Å². The van der Waals surface area contributed by atoms with Crippen molar-refractivity contribution in [2.24, 2.45) is 0 Å². The first-order chi connectivity index (χ1) is 8.20. The summed E-state index contributed by atoms with van der Waals surface area (Å²) in [6.07, 6.45) is 0.934. The minimum absolute atomic E-state index is 0.0560. The van der Waals surface area contributed by atoms with Crippen LogP contribution in [0.15, 0.2) is 18.2 Å². The average molecular weight is 229 g/mol. The van der Waals surface area contributed by atoms with Crippen LogP contribution in [0.2, 0.25) is 0 Å². The van der Waals surface area contributed by atoms with Crippen LogP contribution < -0.4 is 10.6 Å². The fourth-order valence-electron chi connectivity index (χ4n) is 1.78. The molecule has 0 saturated carbocycles. The van der Waals surface area contributed by atoms with E-state index in [1.54, 1.807) is 12.1 Å². The Morgan fingerprint density at radius 3 is 3.06 bits per heavy atom. The predicted octanol–water partition coefficient (Wildman–Crippen LogP) is 1.42. The lowest BCUT2D eigenvalue weighted by atomic mass is 10.0. The summed E-state index contributed by atoms with van der Waals surface area (Å²) in [5, 5.41) is 13.8. The van der Waals surface area contributed by atoms with Crippen LogP contribution >= 0.6 is 0 Å². The molecule has 86 valence electrons. The van der Waals surface area contributed by atoms with Crippen molar-refractivity contribution in [2.75, 3.05) is 10.6 Å². The number of benzene rings is 1. The van der Waals surface area contributed by atoms with Crippen LogP contribution in [0.25, 0.3) is 0 Å². The smallest absolute Gasteiger partial charge is 0.238 e. The van der Waals surface area contributed by atoms with Crippen LogP contribution in [0.3, 0.4) is 0 Å². The van der Waals surface area contributed by atoms with Gasteiger partial charge in [-0.3, -0.25) is 9.59 Å². The summed E-state index contributed by atoms with van der Waals surface area (Å²) >= 11 is 0. The SMILES string of the molecule is N#CCC(=O)Nc1cccc2c1NC(=O)CC2. The van der Waals surface area contributed by atoms with Gasteiger partial charge in [-0.1, -0.05) is 12.1 Å². The van der Waals surface area contributed by atoms with Crippen LogP contribution in [-0.2, 0) is 16.0 Å². The van der Waals surface area contributed by atoms with Gasteiger partial charge < -0.3 is 10.6 Å². The quantitative estimate of drug-likeness (QED) is 0.804. The van der Waals surface area contributed by atoms with Gasteiger partial charge in [0, 0.05) is 6.42 Å². The highest BCUT2D eigenvalue weighted by atomic mass is 16.2. The number of nitrogens with zero attached hydrogens (tertiary/aromatic N) is 1. The zero-order chi connectivity index (χ0) is 12.3. The molecule has 17 heavy (non-hydrogen) atoms. The molecule has 1 aliphatic heterocycles. The Bertz CT molecular complexity index is 517. The monoisotopic (exact) mass is 229 g/mol. The van der Waals surface area contributed by atoms with Gasteiger partial charge in [0.25, 0.3) is 0 Å². The van der Waals surface area contributed by atoms with Crippen molar-refractivity contribution in [1.29, 1.82) is 5.26 Å². The fourth-order valence-corrected chi connectivity index (χ4v) is 1.78. The molecule has 5 heteroatoms. The first-order valence-electron chi connectivity index (χ1n) is 5.29. The molecule has 0 aromatic heterocycles. The third kappa shape index (κ3) is 2.42. The van der Waals surface area contributed by atoms with Crippen molar-refractivity contribution < 1.29 is 9.59 Å². The van der Waals surface area contributed by atoms with Gasteiger partial charge in [-0.2, -0.15) is 5.26 Å². The standard InChI is InChI=1S/C12H11N3O2/c13-7-6-11(17)14-9-3-1-2-8-4-5-10(16)15-12(8)9/h1-3H,4-6H2,(H,14,17)(H,15,16). The first kappa shape index (κ1) is 11.1. The highest BCUT2D eigenvalue weighted by Crippen LogP contribution is 2.30. The number of hydrogen-bond acceptors (Lipinski definition) is 3. The Balaban J connectivity index is 2.26. The van der Waals surface area contributed by atoms with E-state index < -0.39 is 0 Å². The molecule has 1 aromatic carbocycles. The number of para-hydroxylation sites is 1. The number of hydrogen-bond donors (Lipinski definition) is 2. The second-order valence-corrected chi connectivity index (χ2v) is 3.77. The highest BCUT2D eigenvalue weighted by Gasteiger charge is 2.18. The fraction of sp³-hybridized carbons (Fsp3) is 0.250. The molecule has 2 amide bonds. The number of amides is 2. The Morgan fingerprint density at radius 2 is 2.29 bits per heavy atom. The minimum atomic E-state index is -0.374. The molecule has 5 nitrogen and oxygen atoms in total. The second-order valence-electron chi connectivity index (χ2n) is 3.77. The Morgan fingerprint density at radius 1 is 1.47 bits per heavy atom. The molecular formula is C12H11N3O2. The molecule has 1 aromatic rings. The molecule has 0 aliphatic carbocycles. The maximum absolute atomic E-state index is 11.3. The average Bonchev–Trinajstić information content (AvgIpc) is 2.30. The van der Waals surface area contributed by atoms with Gasteiger partial charge in [-0.05, 0) is 18.1 Å². The number of carbonyl (C=O) groups excluding carboxylic acids is 2. The summed E-state index contributed by atoms with van der Waals surface area (Å²) in [6.45, 7) is 0. The van der Waals surface area contributed by atoms with Gasteiger partial charge >= 0.3 is 0 Å². The molecule has 0 spiro atoms. The highest BCUT2D eigenvalue weighted by molar-refractivity contribution is 6.02. The van der Waals surface area contributed by atoms with E-state index in [1.165, 1.54) is 0 Å². The van der Waals surface area contributed by atoms with Crippen LogP contribution in [0, 0.1) is 11.3 Å². The van der Waals surface area contributed by atoms with E-state index in [4.69, 9.17) is 5.26 Å². The minimum Gasteiger partial charge on any atom is -0.324 e. The predicted molar refractivity (Wildman–Crippen MR) is 62.3 cm³/mol. The van der Waals surface area contributed by atoms with Gasteiger partial charge in [0.2, 0.25) is 11.8 Å². The molecule has 2 rings (SSSR count). The molecule has 2 N–H and O–H groups in total. The molecule has 1 heterocycles. The third-order valence-electron chi connectivity index (χ3n) is 2.55. The van der Waals surface area contributed by atoms with Gasteiger partial charge in [0.1, 0.15) is 6.42 Å². The largest absolute Gasteiger partial charge is 0.324 e. The van der Waals surface area contributed by atoms with Gasteiger partial charge in [-0.15, -0.1) is 0 Å². The van der Waals surface area contributed by atoms with Crippen molar-refractivity contribution >= 4 is 23.2 Å². The number of carbonyl (C=O) groups is 2. The van der Waals surface area contributed by atoms with Gasteiger partial charge in [-0.25, -0.2) is 0 Å². The summed E-state index contributed by atoms with van der Waals surface area (Å²) in [7, 11) is 0. The number of nitrogens with one attached hydrogen (secondary N) is 2. The molecule has 0 fully saturated rings. The normalized spacial score (nSPS) is 13.2. The Kier molecular flexibility index (Phi) is 3.06. The van der Waals surface area contributed by atoms with E-state index >= 15 is 0 Å². The van der Waals surface area contributed by atoms with Crippen molar-refractivity contribution in [3.8, 4) is 6.07 Å². The van der Waals surface area contributed by atoms with Gasteiger partial charge in [0.05, 0.1) is 17.4 Å². The lowest BCUT2D eigenvalue weighted by molar-refractivity contribution is -0.117. The number of fused-ring (bicyclic) bond motifs is 1. The van der Waals surface area contributed by atoms with E-state index in [1.807, 2.05) is 12.1 Å². The number of nitriles is 1. The lowest BCUT2D eigenvalue weighted by Crippen LogP contribution is -2.21. The third-order valence-corrected chi connectivity index (χ3v) is 2.55. The van der Waals surface area contributed by atoms with E-state index in [0.717, 1.165) is 5.56 Å². The maximum atomic E-state index is 11.3. The summed E-state index contributed by atoms with van der Waals surface area (Å²) in [5.74, 6) is -0.430. The van der Waals surface area contributed by atoms with Crippen LogP contribution in [0.4, 0.5) is 11.4 Å². The molecule has 0 bridgehead atoms. The van der Waals surface area contributed by atoms with Crippen molar-refractivity contribution in [3.05, 3.63) is 23.8 Å². The van der Waals surface area contributed by atoms with Crippen molar-refractivity contribution in [1.82, 2.24) is 0 Å². The van der Waals surface area contributed by atoms with Crippen molar-refractivity contribution in [2.45, 2.75) is 19.3 Å². The van der Waals surface area contributed by atoms with Crippen LogP contribution in [-0.4, -0.2) is 11.8 Å². The number of rotatable bonds is 2. The number of aryl methyl sites for hydroxylation is 1. The van der Waals surface area contributed by atoms with E-state index in [-0.39, 0.29) is 18.2 Å². The molecule has 0 unspecified atom stereocenters. The van der Waals surface area contributed by atoms with Crippen LogP contribution in [0.5, 0.6) is 0 Å². The molecular weight excluding hydrogens is 218 g/mol. The molecule has 0 radical (unpaired) electrons. The Labute approximate surface area is 98.4 Å². The topological polar surface area (TPSA) is 82.0 Å². The van der Waals surface area contributed by atoms with Crippen LogP contribution in [0.1, 0.15) is 18.4 Å². The number of anilines is 2. The molecule has 0 atom stereocenters. The molecule has 0 saturated heterocycles. The first-order valence-corrected chi connectivity index (χ1v) is 5.29. The summed E-state index contributed by atoms with van der Waals surface area (Å²) in [5.41, 5.74) is 2.20.